The summed E-state index contributed by atoms with van der Waals surface area (Å²) >= 11 is 0. The number of fused-ring (bicyclic) bond motifs is 1. The molecular weight excluding hydrogens is 455 g/mol. The number of nitrogens with zero attached hydrogens (tertiary/aromatic N) is 1. The smallest absolute Gasteiger partial charge is 0.255 e. The zero-order valence-electron chi connectivity index (χ0n) is 19.6. The Hall–Kier alpha value is -4.58. The van der Waals surface area contributed by atoms with Crippen molar-refractivity contribution in [2.45, 2.75) is 12.8 Å². The van der Waals surface area contributed by atoms with Gasteiger partial charge in [0, 0.05) is 41.9 Å². The number of rotatable bonds is 7. The van der Waals surface area contributed by atoms with Crippen LogP contribution in [0, 0.1) is 5.82 Å². The van der Waals surface area contributed by atoms with E-state index in [2.05, 4.69) is 10.3 Å². The molecule has 0 radical (unpaired) electrons. The fraction of sp³-hybridized carbons (Fsp3) is 0.100. The molecule has 0 aliphatic rings. The minimum atomic E-state index is -0.367. The summed E-state index contributed by atoms with van der Waals surface area (Å²) in [7, 11) is 1.56. The van der Waals surface area contributed by atoms with E-state index in [1.807, 2.05) is 54.6 Å². The van der Waals surface area contributed by atoms with Gasteiger partial charge in [-0.05, 0) is 72.1 Å². The summed E-state index contributed by atoms with van der Waals surface area (Å²) in [6.07, 6.45) is 2.66. The van der Waals surface area contributed by atoms with Crippen LogP contribution >= 0.6 is 0 Å². The molecule has 5 nitrogen and oxygen atoms in total. The predicted octanol–water partition coefficient (Wildman–Crippen LogP) is 6.48. The molecule has 0 unspecified atom stereocenters. The number of nitrogens with one attached hydrogen (secondary N) is 1. The molecule has 0 saturated carbocycles. The van der Waals surface area contributed by atoms with Gasteiger partial charge in [-0.25, -0.2) is 4.39 Å². The Morgan fingerprint density at radius 3 is 2.42 bits per heavy atom. The van der Waals surface area contributed by atoms with Crippen molar-refractivity contribution in [2.24, 2.45) is 0 Å². The van der Waals surface area contributed by atoms with E-state index >= 15 is 0 Å². The lowest BCUT2D eigenvalue weighted by molar-refractivity contribution is 0.0961. The number of ketones is 1. The lowest BCUT2D eigenvalue weighted by atomic mass is 9.97. The third-order valence-electron chi connectivity index (χ3n) is 6.10. The van der Waals surface area contributed by atoms with E-state index in [9.17, 15) is 14.0 Å². The Morgan fingerprint density at radius 1 is 0.889 bits per heavy atom. The lowest BCUT2D eigenvalue weighted by Crippen LogP contribution is -2.18. The number of carbonyl (C=O) groups is 2. The molecule has 36 heavy (non-hydrogen) atoms. The average Bonchev–Trinajstić information content (AvgIpc) is 3.31. The predicted molar refractivity (Wildman–Crippen MR) is 137 cm³/mol. The molecule has 1 amide bonds. The summed E-state index contributed by atoms with van der Waals surface area (Å²) in [5, 5.41) is 3.31. The van der Waals surface area contributed by atoms with Crippen molar-refractivity contribution < 1.29 is 18.4 Å². The third kappa shape index (κ3) is 4.66. The van der Waals surface area contributed by atoms with Crippen LogP contribution in [0.2, 0.25) is 0 Å². The molecule has 0 saturated heterocycles. The number of halogens is 1. The van der Waals surface area contributed by atoms with Gasteiger partial charge in [0.25, 0.3) is 5.91 Å². The van der Waals surface area contributed by atoms with Gasteiger partial charge in [-0.15, -0.1) is 0 Å². The highest BCUT2D eigenvalue weighted by Gasteiger charge is 2.22. The summed E-state index contributed by atoms with van der Waals surface area (Å²) < 4.78 is 19.5. The first kappa shape index (κ1) is 23.2. The number of benzene rings is 3. The van der Waals surface area contributed by atoms with Gasteiger partial charge in [-0.2, -0.15) is 0 Å². The normalized spacial score (nSPS) is 10.9. The van der Waals surface area contributed by atoms with Crippen LogP contribution in [0.3, 0.4) is 0 Å². The van der Waals surface area contributed by atoms with E-state index in [1.165, 1.54) is 12.1 Å². The van der Waals surface area contributed by atoms with Gasteiger partial charge >= 0.3 is 0 Å². The number of pyridine rings is 1. The number of hydrogen-bond donors (Lipinski definition) is 1. The summed E-state index contributed by atoms with van der Waals surface area (Å²) in [4.78, 5) is 30.0. The van der Waals surface area contributed by atoms with Gasteiger partial charge in [0.2, 0.25) is 0 Å². The molecular formula is C30H23FN2O3. The Morgan fingerprint density at radius 2 is 1.67 bits per heavy atom. The molecule has 0 fully saturated rings. The summed E-state index contributed by atoms with van der Waals surface area (Å²) in [5.41, 5.74) is 4.72. The number of hydrogen-bond acceptors (Lipinski definition) is 4. The maximum Gasteiger partial charge on any atom is 0.255 e. The van der Waals surface area contributed by atoms with Gasteiger partial charge in [-0.3, -0.25) is 14.6 Å². The van der Waals surface area contributed by atoms with Crippen LogP contribution in [0.25, 0.3) is 33.4 Å². The molecule has 0 spiro atoms. The Bertz CT molecular complexity index is 1560. The van der Waals surface area contributed by atoms with Crippen molar-refractivity contribution in [3.63, 3.8) is 0 Å². The molecule has 0 aliphatic carbocycles. The van der Waals surface area contributed by atoms with E-state index in [0.717, 1.165) is 16.8 Å². The van der Waals surface area contributed by atoms with E-state index < -0.39 is 0 Å². The molecule has 5 rings (SSSR count). The van der Waals surface area contributed by atoms with Crippen molar-refractivity contribution in [3.05, 3.63) is 114 Å². The Kier molecular flexibility index (Phi) is 6.41. The maximum atomic E-state index is 13.5. The van der Waals surface area contributed by atoms with Crippen LogP contribution in [0.1, 0.15) is 32.8 Å². The molecule has 0 bridgehead atoms. The number of aromatic nitrogens is 1. The third-order valence-corrected chi connectivity index (χ3v) is 6.10. The highest BCUT2D eigenvalue weighted by molar-refractivity contribution is 6.11. The molecule has 1 N–H and O–H groups in total. The topological polar surface area (TPSA) is 72.2 Å². The average molecular weight is 479 g/mol. The standard InChI is InChI=1S/C30H23FN2O3/c1-32-30(35)28-25-18-21(10-15-27(25)36-29(28)19-8-11-23(31)12-9-19)20-5-4-6-22(17-20)26(34)14-13-24-7-2-3-16-33-24/h2-12,15-18H,13-14H2,1H3,(H,32,35). The molecule has 0 atom stereocenters. The number of carbonyl (C=O) groups excluding carboxylic acids is 2. The van der Waals surface area contributed by atoms with E-state index in [1.54, 1.807) is 31.4 Å². The Balaban J connectivity index is 1.50. The van der Waals surface area contributed by atoms with Gasteiger partial charge in [0.1, 0.15) is 17.2 Å². The van der Waals surface area contributed by atoms with Crippen LogP contribution in [-0.2, 0) is 6.42 Å². The number of furan rings is 1. The SMILES string of the molecule is CNC(=O)c1c(-c2ccc(F)cc2)oc2ccc(-c3cccc(C(=O)CCc4ccccn4)c3)cc12. The summed E-state index contributed by atoms with van der Waals surface area (Å²) in [5.74, 6) is -0.256. The Labute approximate surface area is 207 Å². The van der Waals surface area contributed by atoms with Gasteiger partial charge in [0.05, 0.1) is 5.56 Å². The first-order valence-corrected chi connectivity index (χ1v) is 11.6. The molecule has 0 aliphatic heterocycles. The highest BCUT2D eigenvalue weighted by Crippen LogP contribution is 2.36. The molecule has 2 aromatic heterocycles. The molecule has 3 aromatic carbocycles. The van der Waals surface area contributed by atoms with Crippen LogP contribution < -0.4 is 5.32 Å². The van der Waals surface area contributed by atoms with Crippen LogP contribution in [0.4, 0.5) is 4.39 Å². The first-order valence-electron chi connectivity index (χ1n) is 11.6. The molecule has 178 valence electrons. The fourth-order valence-corrected chi connectivity index (χ4v) is 4.24. The quantitative estimate of drug-likeness (QED) is 0.272. The van der Waals surface area contributed by atoms with Crippen LogP contribution in [-0.4, -0.2) is 23.7 Å². The van der Waals surface area contributed by atoms with Gasteiger partial charge in [-0.1, -0.05) is 30.3 Å². The maximum absolute atomic E-state index is 13.5. The van der Waals surface area contributed by atoms with Crippen LogP contribution in [0.15, 0.2) is 95.5 Å². The van der Waals surface area contributed by atoms with Crippen molar-refractivity contribution in [1.29, 1.82) is 0 Å². The number of aryl methyl sites for hydroxylation is 1. The van der Waals surface area contributed by atoms with Gasteiger partial charge < -0.3 is 9.73 Å². The van der Waals surface area contributed by atoms with Crippen molar-refractivity contribution in [3.8, 4) is 22.5 Å². The minimum Gasteiger partial charge on any atom is -0.455 e. The van der Waals surface area contributed by atoms with Crippen molar-refractivity contribution >= 4 is 22.7 Å². The molecule has 6 heteroatoms. The number of amides is 1. The van der Waals surface area contributed by atoms with Crippen molar-refractivity contribution in [1.82, 2.24) is 10.3 Å². The molecule has 2 heterocycles. The zero-order valence-corrected chi connectivity index (χ0v) is 19.6. The summed E-state index contributed by atoms with van der Waals surface area (Å²) in [6.45, 7) is 0. The fourth-order valence-electron chi connectivity index (χ4n) is 4.24. The lowest BCUT2D eigenvalue weighted by Gasteiger charge is -2.06. The first-order chi connectivity index (χ1) is 17.5. The molecule has 5 aromatic rings. The number of Topliss-reactive ketones (excluding diaryl/α,β-unsaturated/α-hetero) is 1. The summed E-state index contributed by atoms with van der Waals surface area (Å²) in [6, 6.07) is 24.5. The van der Waals surface area contributed by atoms with Gasteiger partial charge in [0.15, 0.2) is 5.78 Å². The van der Waals surface area contributed by atoms with E-state index in [4.69, 9.17) is 4.42 Å². The van der Waals surface area contributed by atoms with Crippen molar-refractivity contribution in [2.75, 3.05) is 7.05 Å². The highest BCUT2D eigenvalue weighted by atomic mass is 19.1. The minimum absolute atomic E-state index is 0.0385. The second-order valence-corrected chi connectivity index (χ2v) is 8.43. The largest absolute Gasteiger partial charge is 0.455 e. The zero-order chi connectivity index (χ0) is 25.1. The van der Waals surface area contributed by atoms with E-state index in [-0.39, 0.29) is 17.5 Å². The second-order valence-electron chi connectivity index (χ2n) is 8.43. The second kappa shape index (κ2) is 9.96. The monoisotopic (exact) mass is 478 g/mol. The van der Waals surface area contributed by atoms with E-state index in [0.29, 0.717) is 46.3 Å². The van der Waals surface area contributed by atoms with Crippen LogP contribution in [0.5, 0.6) is 0 Å².